The average Bonchev–Trinajstić information content (AvgIpc) is 2.45. The number of ether oxygens (including phenoxy) is 1. The first-order chi connectivity index (χ1) is 10.1. The third kappa shape index (κ3) is 4.95. The Labute approximate surface area is 131 Å². The molecule has 0 spiro atoms. The molecule has 0 heterocycles. The average molecular weight is 362 g/mol. The van der Waals surface area contributed by atoms with Crippen molar-refractivity contribution in [2.24, 2.45) is 5.92 Å². The van der Waals surface area contributed by atoms with Gasteiger partial charge in [-0.1, -0.05) is 34.8 Å². The van der Waals surface area contributed by atoms with Crippen LogP contribution in [0.3, 0.4) is 0 Å². The third-order valence-electron chi connectivity index (χ3n) is 3.66. The number of nitrogens with one attached hydrogen (secondary N) is 1. The topological polar surface area (TPSA) is 38.3 Å². The molecular weight excluding hydrogens is 344 g/mol. The quantitative estimate of drug-likeness (QED) is 0.805. The lowest BCUT2D eigenvalue weighted by atomic mass is 9.89. The van der Waals surface area contributed by atoms with Crippen LogP contribution >= 0.6 is 15.9 Å². The van der Waals surface area contributed by atoms with Crippen molar-refractivity contribution in [2.75, 3.05) is 6.54 Å². The van der Waals surface area contributed by atoms with Gasteiger partial charge in [0.15, 0.2) is 0 Å². The Kier molecular flexibility index (Phi) is 5.96. The molecule has 1 aliphatic rings. The summed E-state index contributed by atoms with van der Waals surface area (Å²) in [5.41, 5.74) is 0.329. The van der Waals surface area contributed by atoms with Gasteiger partial charge in [0, 0.05) is 16.9 Å². The van der Waals surface area contributed by atoms with Gasteiger partial charge in [0.05, 0.1) is 0 Å². The second kappa shape index (κ2) is 7.73. The Morgan fingerprint density at radius 1 is 1.38 bits per heavy atom. The highest BCUT2D eigenvalue weighted by Crippen LogP contribution is 2.29. The van der Waals surface area contributed by atoms with Crippen molar-refractivity contribution in [1.29, 1.82) is 0 Å². The number of benzene rings is 1. The smallest absolute Gasteiger partial charge is 0.387 e. The molecule has 0 aliphatic heterocycles. The fraction of sp³-hybridized carbons (Fsp3) is 0.533. The van der Waals surface area contributed by atoms with E-state index in [0.29, 0.717) is 22.9 Å². The van der Waals surface area contributed by atoms with Gasteiger partial charge in [-0.3, -0.25) is 4.79 Å². The lowest BCUT2D eigenvalue weighted by Gasteiger charge is -2.27. The van der Waals surface area contributed by atoms with Crippen LogP contribution in [0.2, 0.25) is 0 Å². The van der Waals surface area contributed by atoms with Gasteiger partial charge >= 0.3 is 6.61 Å². The maximum atomic E-state index is 12.2. The predicted octanol–water partition coefficient (Wildman–Crippen LogP) is 3.97. The van der Waals surface area contributed by atoms with E-state index in [4.69, 9.17) is 0 Å². The fourth-order valence-corrected chi connectivity index (χ4v) is 3.31. The van der Waals surface area contributed by atoms with Gasteiger partial charge in [-0.2, -0.15) is 8.78 Å². The number of carbonyl (C=O) groups excluding carboxylic acids is 1. The van der Waals surface area contributed by atoms with E-state index in [9.17, 15) is 13.6 Å². The summed E-state index contributed by atoms with van der Waals surface area (Å²) in [6.45, 7) is -2.30. The Bertz CT molecular complexity index is 484. The molecule has 2 atom stereocenters. The zero-order chi connectivity index (χ0) is 15.2. The molecule has 6 heteroatoms. The normalized spacial score (nSPS) is 22.1. The molecule has 1 N–H and O–H groups in total. The molecule has 0 saturated heterocycles. The van der Waals surface area contributed by atoms with Crippen LogP contribution in [0.15, 0.2) is 24.3 Å². The molecule has 0 aromatic heterocycles. The molecular formula is C15H18BrF2NO2. The highest BCUT2D eigenvalue weighted by molar-refractivity contribution is 9.09. The van der Waals surface area contributed by atoms with Gasteiger partial charge in [-0.15, -0.1) is 0 Å². The minimum Gasteiger partial charge on any atom is -0.435 e. The van der Waals surface area contributed by atoms with E-state index in [0.717, 1.165) is 12.8 Å². The molecule has 1 aliphatic carbocycles. The lowest BCUT2D eigenvalue weighted by Crippen LogP contribution is -2.34. The Morgan fingerprint density at radius 2 is 2.14 bits per heavy atom. The highest BCUT2D eigenvalue weighted by atomic mass is 79.9. The van der Waals surface area contributed by atoms with Crippen LogP contribution in [0, 0.1) is 5.92 Å². The van der Waals surface area contributed by atoms with Crippen LogP contribution in [0.1, 0.15) is 36.0 Å². The fourth-order valence-electron chi connectivity index (χ4n) is 2.53. The zero-order valence-corrected chi connectivity index (χ0v) is 13.1. The second-order valence-electron chi connectivity index (χ2n) is 5.18. The van der Waals surface area contributed by atoms with Gasteiger partial charge in [0.25, 0.3) is 5.91 Å². The summed E-state index contributed by atoms with van der Waals surface area (Å²) >= 11 is 3.65. The van der Waals surface area contributed by atoms with Gasteiger partial charge in [0.1, 0.15) is 5.75 Å². The largest absolute Gasteiger partial charge is 0.435 e. The van der Waals surface area contributed by atoms with Crippen molar-refractivity contribution >= 4 is 21.8 Å². The molecule has 1 aromatic carbocycles. The maximum absolute atomic E-state index is 12.2. The second-order valence-corrected chi connectivity index (χ2v) is 6.35. The Balaban J connectivity index is 1.90. The van der Waals surface area contributed by atoms with Crippen LogP contribution in [0.25, 0.3) is 0 Å². The van der Waals surface area contributed by atoms with E-state index in [1.807, 2.05) is 0 Å². The number of carbonyl (C=O) groups is 1. The van der Waals surface area contributed by atoms with Gasteiger partial charge in [0.2, 0.25) is 0 Å². The van der Waals surface area contributed by atoms with E-state index in [2.05, 4.69) is 26.0 Å². The monoisotopic (exact) mass is 361 g/mol. The van der Waals surface area contributed by atoms with Gasteiger partial charge in [-0.25, -0.2) is 0 Å². The molecule has 2 rings (SSSR count). The van der Waals surface area contributed by atoms with E-state index in [1.54, 1.807) is 6.07 Å². The summed E-state index contributed by atoms with van der Waals surface area (Å²) in [6.07, 6.45) is 4.61. The molecule has 0 radical (unpaired) electrons. The summed E-state index contributed by atoms with van der Waals surface area (Å²) in [7, 11) is 0. The number of hydrogen-bond donors (Lipinski definition) is 1. The van der Waals surface area contributed by atoms with Gasteiger partial charge in [-0.05, 0) is 37.0 Å². The van der Waals surface area contributed by atoms with E-state index in [-0.39, 0.29) is 11.7 Å². The molecule has 1 aromatic rings. The summed E-state index contributed by atoms with van der Waals surface area (Å²) in [6, 6.07) is 5.84. The number of hydrogen-bond acceptors (Lipinski definition) is 2. The molecule has 1 amide bonds. The predicted molar refractivity (Wildman–Crippen MR) is 80.1 cm³/mol. The first-order valence-corrected chi connectivity index (χ1v) is 7.95. The Hall–Kier alpha value is -1.17. The van der Waals surface area contributed by atoms with E-state index >= 15 is 0 Å². The summed E-state index contributed by atoms with van der Waals surface area (Å²) < 4.78 is 28.6. The number of alkyl halides is 3. The first kappa shape index (κ1) is 16.2. The number of amides is 1. The van der Waals surface area contributed by atoms with Crippen LogP contribution < -0.4 is 10.1 Å². The van der Waals surface area contributed by atoms with Crippen molar-refractivity contribution in [3.05, 3.63) is 29.8 Å². The van der Waals surface area contributed by atoms with Crippen molar-refractivity contribution in [1.82, 2.24) is 5.32 Å². The standard InChI is InChI=1S/C15H18BrF2NO2/c16-13-7-2-1-4-11(13)9-19-14(20)10-5-3-6-12(8-10)21-15(17)18/h3,5-6,8,11,13,15H,1-2,4,7,9H2,(H,19,20). The van der Waals surface area contributed by atoms with Gasteiger partial charge < -0.3 is 10.1 Å². The van der Waals surface area contributed by atoms with Crippen LogP contribution in [-0.4, -0.2) is 23.9 Å². The molecule has 0 bridgehead atoms. The van der Waals surface area contributed by atoms with E-state index < -0.39 is 6.61 Å². The molecule has 2 unspecified atom stereocenters. The SMILES string of the molecule is O=C(NCC1CCCCC1Br)c1cccc(OC(F)F)c1. The third-order valence-corrected chi connectivity index (χ3v) is 4.87. The Morgan fingerprint density at radius 3 is 2.86 bits per heavy atom. The summed E-state index contributed by atoms with van der Waals surface area (Å²) in [5.74, 6) is 0.150. The highest BCUT2D eigenvalue weighted by Gasteiger charge is 2.23. The molecule has 21 heavy (non-hydrogen) atoms. The maximum Gasteiger partial charge on any atom is 0.387 e. The van der Waals surface area contributed by atoms with Crippen molar-refractivity contribution in [2.45, 2.75) is 37.1 Å². The number of halogens is 3. The minimum absolute atomic E-state index is 0.00585. The minimum atomic E-state index is -2.89. The van der Waals surface area contributed by atoms with E-state index in [1.165, 1.54) is 31.0 Å². The zero-order valence-electron chi connectivity index (χ0n) is 11.5. The van der Waals surface area contributed by atoms with Crippen LogP contribution in [-0.2, 0) is 0 Å². The first-order valence-electron chi connectivity index (χ1n) is 7.03. The molecule has 3 nitrogen and oxygen atoms in total. The molecule has 116 valence electrons. The molecule has 1 fully saturated rings. The summed E-state index contributed by atoms with van der Waals surface area (Å²) in [4.78, 5) is 12.5. The van der Waals surface area contributed by atoms with Crippen LogP contribution in [0.5, 0.6) is 5.75 Å². The molecule has 1 saturated carbocycles. The van der Waals surface area contributed by atoms with Crippen molar-refractivity contribution < 1.29 is 18.3 Å². The van der Waals surface area contributed by atoms with Crippen LogP contribution in [0.4, 0.5) is 8.78 Å². The van der Waals surface area contributed by atoms with Crippen molar-refractivity contribution in [3.63, 3.8) is 0 Å². The van der Waals surface area contributed by atoms with Crippen molar-refractivity contribution in [3.8, 4) is 5.75 Å². The number of rotatable bonds is 5. The summed E-state index contributed by atoms with van der Waals surface area (Å²) in [5, 5.41) is 2.87. The lowest BCUT2D eigenvalue weighted by molar-refractivity contribution is -0.0498.